The normalized spacial score (nSPS) is 20.1. The van der Waals surface area contributed by atoms with E-state index in [0.717, 1.165) is 56.1 Å². The lowest BCUT2D eigenvalue weighted by molar-refractivity contribution is -0.132. The highest BCUT2D eigenvalue weighted by atomic mass is 35.5. The quantitative estimate of drug-likeness (QED) is 0.799. The minimum absolute atomic E-state index is 0. The molecule has 1 aliphatic heterocycles. The maximum atomic E-state index is 14.0. The monoisotopic (exact) mass is 412 g/mol. The number of thiophene rings is 1. The molecule has 1 aromatic carbocycles. The predicted molar refractivity (Wildman–Crippen MR) is 105 cm³/mol. The molecule has 1 aromatic heterocycles. The van der Waals surface area contributed by atoms with Crippen LogP contribution in [0.3, 0.4) is 0 Å². The fourth-order valence-corrected chi connectivity index (χ4v) is 4.78. The topological polar surface area (TPSA) is 32.3 Å². The predicted octanol–water partition coefficient (Wildman–Crippen LogP) is 4.16. The van der Waals surface area contributed by atoms with Crippen LogP contribution in [0.4, 0.5) is 8.78 Å². The van der Waals surface area contributed by atoms with Gasteiger partial charge < -0.3 is 10.2 Å². The van der Waals surface area contributed by atoms with Crippen molar-refractivity contribution in [2.45, 2.75) is 38.3 Å². The lowest BCUT2D eigenvalue weighted by atomic mass is 9.93. The van der Waals surface area contributed by atoms with E-state index in [1.54, 1.807) is 11.3 Å². The Hall–Kier alpha value is -1.50. The highest BCUT2D eigenvalue weighted by molar-refractivity contribution is 7.07. The maximum Gasteiger partial charge on any atom is 0.227 e. The first-order valence-corrected chi connectivity index (χ1v) is 9.97. The molecular weight excluding hydrogens is 390 g/mol. The highest BCUT2D eigenvalue weighted by Gasteiger charge is 2.57. The molecule has 7 heteroatoms. The van der Waals surface area contributed by atoms with E-state index in [4.69, 9.17) is 0 Å². The molecule has 4 rings (SSSR count). The van der Waals surface area contributed by atoms with Crippen molar-refractivity contribution in [1.29, 1.82) is 0 Å². The van der Waals surface area contributed by atoms with Gasteiger partial charge in [0.25, 0.3) is 0 Å². The van der Waals surface area contributed by atoms with Crippen LogP contribution in [-0.4, -0.2) is 29.9 Å². The molecule has 2 heterocycles. The van der Waals surface area contributed by atoms with Crippen molar-refractivity contribution in [3.05, 3.63) is 57.8 Å². The zero-order valence-electron chi connectivity index (χ0n) is 14.9. The Morgan fingerprint density at radius 2 is 2.04 bits per heavy atom. The largest absolute Gasteiger partial charge is 0.334 e. The van der Waals surface area contributed by atoms with Crippen molar-refractivity contribution in [2.75, 3.05) is 13.1 Å². The third-order valence-electron chi connectivity index (χ3n) is 5.72. The molecule has 1 saturated carbocycles. The van der Waals surface area contributed by atoms with E-state index >= 15 is 0 Å². The number of hydrogen-bond donors (Lipinski definition) is 1. The molecule has 1 aliphatic carbocycles. The Labute approximate surface area is 168 Å². The molecule has 27 heavy (non-hydrogen) atoms. The zero-order chi connectivity index (χ0) is 18.1. The van der Waals surface area contributed by atoms with E-state index in [9.17, 15) is 13.6 Å². The molecule has 2 fully saturated rings. The highest BCUT2D eigenvalue weighted by Crippen LogP contribution is 2.56. The van der Waals surface area contributed by atoms with E-state index in [1.165, 1.54) is 0 Å². The number of hydrogen-bond acceptors (Lipinski definition) is 3. The smallest absolute Gasteiger partial charge is 0.227 e. The van der Waals surface area contributed by atoms with Crippen LogP contribution in [-0.2, 0) is 17.8 Å². The second-order valence-corrected chi connectivity index (χ2v) is 8.18. The van der Waals surface area contributed by atoms with Crippen molar-refractivity contribution in [1.82, 2.24) is 10.2 Å². The van der Waals surface area contributed by atoms with Crippen LogP contribution in [0.25, 0.3) is 0 Å². The number of carbonyl (C=O) groups is 1. The van der Waals surface area contributed by atoms with Gasteiger partial charge in [0.2, 0.25) is 5.91 Å². The number of nitrogens with one attached hydrogen (secondary N) is 1. The van der Waals surface area contributed by atoms with Crippen LogP contribution < -0.4 is 5.32 Å². The van der Waals surface area contributed by atoms with Crippen molar-refractivity contribution < 1.29 is 13.6 Å². The van der Waals surface area contributed by atoms with Gasteiger partial charge in [-0.1, -0.05) is 0 Å². The second kappa shape index (κ2) is 8.25. The molecule has 1 saturated heterocycles. The molecule has 0 radical (unpaired) electrons. The summed E-state index contributed by atoms with van der Waals surface area (Å²) in [5, 5.41) is 7.41. The summed E-state index contributed by atoms with van der Waals surface area (Å²) in [6, 6.07) is 5.52. The summed E-state index contributed by atoms with van der Waals surface area (Å²) in [4.78, 5) is 14.9. The summed E-state index contributed by atoms with van der Waals surface area (Å²) in [6.07, 6.45) is 3.05. The summed E-state index contributed by atoms with van der Waals surface area (Å²) in [6.45, 7) is 2.50. The Bertz CT molecular complexity index is 793. The first kappa shape index (κ1) is 20.2. The van der Waals surface area contributed by atoms with Gasteiger partial charge in [-0.2, -0.15) is 11.3 Å². The summed E-state index contributed by atoms with van der Waals surface area (Å²) >= 11 is 1.60. The Balaban J connectivity index is 0.00000210. The van der Waals surface area contributed by atoms with Crippen LogP contribution in [0.5, 0.6) is 0 Å². The van der Waals surface area contributed by atoms with Gasteiger partial charge in [0, 0.05) is 18.2 Å². The SMILES string of the molecule is Cl.O=C(Cc1cc(F)ccc1F)N(Cc1ccsc1)C1CC12CCNCC2. The third-order valence-corrected chi connectivity index (χ3v) is 6.46. The van der Waals surface area contributed by atoms with Crippen molar-refractivity contribution in [3.8, 4) is 0 Å². The first-order valence-electron chi connectivity index (χ1n) is 9.03. The standard InChI is InChI=1S/C20H22F2N2OS.ClH/c21-16-1-2-17(22)15(9-16)10-19(25)24(12-14-3-8-26-13-14)18-11-20(18)4-6-23-7-5-20;/h1-3,8-9,13,18,23H,4-7,10-12H2;1H. The van der Waals surface area contributed by atoms with Gasteiger partial charge in [-0.15, -0.1) is 12.4 Å². The Kier molecular flexibility index (Phi) is 6.18. The van der Waals surface area contributed by atoms with Crippen LogP contribution in [0.15, 0.2) is 35.0 Å². The molecule has 1 spiro atoms. The summed E-state index contributed by atoms with van der Waals surface area (Å²) < 4.78 is 27.5. The molecule has 1 amide bonds. The zero-order valence-corrected chi connectivity index (χ0v) is 16.6. The van der Waals surface area contributed by atoms with Crippen molar-refractivity contribution in [3.63, 3.8) is 0 Å². The van der Waals surface area contributed by atoms with E-state index in [1.807, 2.05) is 21.7 Å². The van der Waals surface area contributed by atoms with E-state index in [0.29, 0.717) is 6.54 Å². The number of benzene rings is 1. The Morgan fingerprint density at radius 1 is 1.26 bits per heavy atom. The van der Waals surface area contributed by atoms with Gasteiger partial charge in [-0.25, -0.2) is 8.78 Å². The summed E-state index contributed by atoms with van der Waals surface area (Å²) in [7, 11) is 0. The summed E-state index contributed by atoms with van der Waals surface area (Å²) in [5.74, 6) is -1.16. The number of rotatable bonds is 5. The number of carbonyl (C=O) groups excluding carboxylic acids is 1. The molecule has 146 valence electrons. The number of halogens is 3. The van der Waals surface area contributed by atoms with Gasteiger partial charge >= 0.3 is 0 Å². The average molecular weight is 413 g/mol. The number of nitrogens with zero attached hydrogens (tertiary/aromatic N) is 1. The second-order valence-electron chi connectivity index (χ2n) is 7.40. The van der Waals surface area contributed by atoms with Crippen LogP contribution >= 0.6 is 23.7 Å². The van der Waals surface area contributed by atoms with Gasteiger partial charge in [0.1, 0.15) is 11.6 Å². The van der Waals surface area contributed by atoms with Crippen molar-refractivity contribution >= 4 is 29.7 Å². The fraction of sp³-hybridized carbons (Fsp3) is 0.450. The van der Waals surface area contributed by atoms with E-state index in [-0.39, 0.29) is 41.8 Å². The van der Waals surface area contributed by atoms with E-state index in [2.05, 4.69) is 5.32 Å². The first-order chi connectivity index (χ1) is 12.6. The lowest BCUT2D eigenvalue weighted by Crippen LogP contribution is -2.39. The summed E-state index contributed by atoms with van der Waals surface area (Å²) in [5.41, 5.74) is 1.43. The van der Waals surface area contributed by atoms with Crippen LogP contribution in [0, 0.1) is 17.0 Å². The van der Waals surface area contributed by atoms with Crippen molar-refractivity contribution in [2.24, 2.45) is 5.41 Å². The number of amides is 1. The molecule has 1 atom stereocenters. The molecule has 2 aliphatic rings. The minimum atomic E-state index is -0.525. The van der Waals surface area contributed by atoms with Crippen LogP contribution in [0.1, 0.15) is 30.4 Å². The van der Waals surface area contributed by atoms with Gasteiger partial charge in [0.15, 0.2) is 0 Å². The fourth-order valence-electron chi connectivity index (χ4n) is 4.12. The average Bonchev–Trinajstić information content (AvgIpc) is 3.06. The minimum Gasteiger partial charge on any atom is -0.334 e. The third kappa shape index (κ3) is 4.33. The molecule has 3 nitrogen and oxygen atoms in total. The lowest BCUT2D eigenvalue weighted by Gasteiger charge is -2.29. The van der Waals surface area contributed by atoms with Crippen LogP contribution in [0.2, 0.25) is 0 Å². The van der Waals surface area contributed by atoms with Gasteiger partial charge in [0.05, 0.1) is 6.42 Å². The van der Waals surface area contributed by atoms with Gasteiger partial charge in [-0.3, -0.25) is 4.79 Å². The van der Waals surface area contributed by atoms with E-state index < -0.39 is 11.6 Å². The Morgan fingerprint density at radius 3 is 2.74 bits per heavy atom. The molecule has 1 unspecified atom stereocenters. The number of piperidine rings is 1. The molecule has 0 bridgehead atoms. The maximum absolute atomic E-state index is 14.0. The molecular formula is C20H23ClF2N2OS. The van der Waals surface area contributed by atoms with Gasteiger partial charge in [-0.05, 0) is 78.4 Å². The molecule has 2 aromatic rings. The molecule has 1 N–H and O–H groups in total.